The van der Waals surface area contributed by atoms with E-state index in [1.807, 2.05) is 0 Å². The molecule has 1 amide bonds. The number of nitro groups is 1. The number of amides is 1. The van der Waals surface area contributed by atoms with Crippen LogP contribution in [0.15, 0.2) is 12.3 Å². The molecule has 0 radical (unpaired) electrons. The van der Waals surface area contributed by atoms with Crippen molar-refractivity contribution in [2.75, 3.05) is 26.2 Å². The average Bonchev–Trinajstić information content (AvgIpc) is 2.86. The zero-order valence-corrected chi connectivity index (χ0v) is 11.2. The van der Waals surface area contributed by atoms with Gasteiger partial charge in [0.2, 0.25) is 0 Å². The van der Waals surface area contributed by atoms with Crippen LogP contribution in [-0.4, -0.2) is 59.6 Å². The molecule has 0 atom stereocenters. The highest BCUT2D eigenvalue weighted by atomic mass is 32.2. The fraction of sp³-hybridized carbons (Fsp3) is 0.444. The molecule has 2 heterocycles. The first-order chi connectivity index (χ1) is 9.29. The van der Waals surface area contributed by atoms with Crippen LogP contribution in [0.4, 0.5) is 5.69 Å². The molecule has 20 heavy (non-hydrogen) atoms. The standard InChI is InChI=1S/C9H13N5O5S/c10-20(18,19)13-3-1-12(2-4-13)9(15)8-5-7(6-11-8)14(16)17/h5-6,11H,1-4H2,(H2,10,18,19). The van der Waals surface area contributed by atoms with Crippen LogP contribution >= 0.6 is 0 Å². The van der Waals surface area contributed by atoms with Gasteiger partial charge in [-0.05, 0) is 0 Å². The summed E-state index contributed by atoms with van der Waals surface area (Å²) in [6, 6.07) is 1.15. The Morgan fingerprint density at radius 1 is 1.35 bits per heavy atom. The van der Waals surface area contributed by atoms with Crippen LogP contribution in [0, 0.1) is 10.1 Å². The fourth-order valence-corrected chi connectivity index (χ4v) is 2.60. The number of piperazine rings is 1. The van der Waals surface area contributed by atoms with E-state index in [0.29, 0.717) is 0 Å². The lowest BCUT2D eigenvalue weighted by molar-refractivity contribution is -0.384. The van der Waals surface area contributed by atoms with E-state index >= 15 is 0 Å². The van der Waals surface area contributed by atoms with Gasteiger partial charge < -0.3 is 9.88 Å². The summed E-state index contributed by atoms with van der Waals surface area (Å²) >= 11 is 0. The summed E-state index contributed by atoms with van der Waals surface area (Å²) in [6.45, 7) is 0.574. The topological polar surface area (TPSA) is 143 Å². The molecule has 2 rings (SSSR count). The first-order valence-electron chi connectivity index (χ1n) is 5.69. The number of H-pyrrole nitrogens is 1. The van der Waals surface area contributed by atoms with Gasteiger partial charge in [0, 0.05) is 32.2 Å². The SMILES string of the molecule is NS(=O)(=O)N1CCN(C(=O)c2cc([N+](=O)[O-])c[nH]2)CC1. The van der Waals surface area contributed by atoms with Crippen LogP contribution in [0.25, 0.3) is 0 Å². The van der Waals surface area contributed by atoms with Gasteiger partial charge in [0.05, 0.1) is 11.1 Å². The largest absolute Gasteiger partial charge is 0.351 e. The van der Waals surface area contributed by atoms with Gasteiger partial charge in [0.25, 0.3) is 21.8 Å². The number of nitrogens with zero attached hydrogens (tertiary/aromatic N) is 3. The highest BCUT2D eigenvalue weighted by Crippen LogP contribution is 2.15. The lowest BCUT2D eigenvalue weighted by Gasteiger charge is -2.32. The monoisotopic (exact) mass is 303 g/mol. The number of rotatable bonds is 3. The summed E-state index contributed by atoms with van der Waals surface area (Å²) in [5.41, 5.74) is -0.0997. The molecule has 1 saturated heterocycles. The smallest absolute Gasteiger partial charge is 0.287 e. The molecule has 10 nitrogen and oxygen atoms in total. The molecule has 1 aliphatic heterocycles. The second-order valence-corrected chi connectivity index (χ2v) is 5.81. The van der Waals surface area contributed by atoms with Crippen molar-refractivity contribution in [1.29, 1.82) is 0 Å². The Hall–Kier alpha value is -1.98. The van der Waals surface area contributed by atoms with Crippen molar-refractivity contribution in [3.63, 3.8) is 0 Å². The number of carbonyl (C=O) groups excluding carboxylic acids is 1. The maximum Gasteiger partial charge on any atom is 0.287 e. The summed E-state index contributed by atoms with van der Waals surface area (Å²) in [5, 5.41) is 15.5. The number of nitrogens with one attached hydrogen (secondary N) is 1. The second kappa shape index (κ2) is 5.19. The van der Waals surface area contributed by atoms with Crippen molar-refractivity contribution in [1.82, 2.24) is 14.2 Å². The Morgan fingerprint density at radius 3 is 2.40 bits per heavy atom. The van der Waals surface area contributed by atoms with Crippen molar-refractivity contribution in [3.8, 4) is 0 Å². The average molecular weight is 303 g/mol. The van der Waals surface area contributed by atoms with E-state index in [9.17, 15) is 23.3 Å². The molecule has 1 aromatic heterocycles. The lowest BCUT2D eigenvalue weighted by atomic mass is 10.3. The summed E-state index contributed by atoms with van der Waals surface area (Å²) < 4.78 is 23.3. The number of hydrogen-bond donors (Lipinski definition) is 2. The normalized spacial score (nSPS) is 17.1. The Bertz CT molecular complexity index is 631. The quantitative estimate of drug-likeness (QED) is 0.537. The molecule has 0 saturated carbocycles. The molecule has 0 bridgehead atoms. The van der Waals surface area contributed by atoms with E-state index in [1.54, 1.807) is 0 Å². The van der Waals surface area contributed by atoms with E-state index in [-0.39, 0.29) is 37.6 Å². The van der Waals surface area contributed by atoms with Gasteiger partial charge in [-0.3, -0.25) is 14.9 Å². The Labute approximate surface area is 114 Å². The van der Waals surface area contributed by atoms with E-state index in [2.05, 4.69) is 4.98 Å². The van der Waals surface area contributed by atoms with Gasteiger partial charge in [-0.25, -0.2) is 5.14 Å². The van der Waals surface area contributed by atoms with Crippen LogP contribution in [0.1, 0.15) is 10.5 Å². The molecule has 0 spiro atoms. The van der Waals surface area contributed by atoms with Gasteiger partial charge in [0.15, 0.2) is 0 Å². The van der Waals surface area contributed by atoms with Crippen LogP contribution in [0.5, 0.6) is 0 Å². The molecule has 0 aliphatic carbocycles. The Morgan fingerprint density at radius 2 is 1.95 bits per heavy atom. The number of carbonyl (C=O) groups is 1. The first kappa shape index (κ1) is 14.4. The van der Waals surface area contributed by atoms with E-state index in [1.165, 1.54) is 4.90 Å². The summed E-state index contributed by atoms with van der Waals surface area (Å²) in [5.74, 6) is -0.410. The molecule has 0 aromatic carbocycles. The highest BCUT2D eigenvalue weighted by molar-refractivity contribution is 7.86. The fourth-order valence-electron chi connectivity index (χ4n) is 1.93. The highest BCUT2D eigenvalue weighted by Gasteiger charge is 2.28. The molecule has 1 fully saturated rings. The van der Waals surface area contributed by atoms with Crippen LogP contribution in [-0.2, 0) is 10.2 Å². The molecule has 11 heteroatoms. The molecular formula is C9H13N5O5S. The molecular weight excluding hydrogens is 290 g/mol. The van der Waals surface area contributed by atoms with Gasteiger partial charge in [-0.1, -0.05) is 0 Å². The lowest BCUT2D eigenvalue weighted by Crippen LogP contribution is -2.52. The minimum Gasteiger partial charge on any atom is -0.351 e. The minimum atomic E-state index is -3.75. The number of aromatic nitrogens is 1. The van der Waals surface area contributed by atoms with Crippen LogP contribution in [0.2, 0.25) is 0 Å². The predicted molar refractivity (Wildman–Crippen MR) is 68.0 cm³/mol. The van der Waals surface area contributed by atoms with Gasteiger partial charge in [-0.15, -0.1) is 0 Å². The maximum absolute atomic E-state index is 12.1. The Balaban J connectivity index is 2.03. The summed E-state index contributed by atoms with van der Waals surface area (Å²) in [6.07, 6.45) is 1.13. The maximum atomic E-state index is 12.1. The van der Waals surface area contributed by atoms with Crippen molar-refractivity contribution in [2.24, 2.45) is 5.14 Å². The van der Waals surface area contributed by atoms with Crippen LogP contribution in [0.3, 0.4) is 0 Å². The minimum absolute atomic E-state index is 0.0979. The third kappa shape index (κ3) is 2.95. The first-order valence-corrected chi connectivity index (χ1v) is 7.19. The summed E-state index contributed by atoms with van der Waals surface area (Å²) in [4.78, 5) is 25.9. The van der Waals surface area contributed by atoms with Crippen molar-refractivity contribution in [2.45, 2.75) is 0 Å². The van der Waals surface area contributed by atoms with Crippen molar-refractivity contribution in [3.05, 3.63) is 28.1 Å². The van der Waals surface area contributed by atoms with Gasteiger partial charge >= 0.3 is 0 Å². The number of aromatic amines is 1. The molecule has 110 valence electrons. The third-order valence-corrected chi connectivity index (χ3v) is 4.08. The number of nitrogens with two attached hydrogens (primary N) is 1. The van der Waals surface area contributed by atoms with E-state index in [4.69, 9.17) is 5.14 Å². The summed E-state index contributed by atoms with van der Waals surface area (Å²) in [7, 11) is -3.75. The predicted octanol–water partition coefficient (Wildman–Crippen LogP) is -1.12. The van der Waals surface area contributed by atoms with Crippen molar-refractivity contribution >= 4 is 21.8 Å². The second-order valence-electron chi connectivity index (χ2n) is 4.26. The molecule has 3 N–H and O–H groups in total. The number of hydrogen-bond acceptors (Lipinski definition) is 5. The van der Waals surface area contributed by atoms with Gasteiger partial charge in [0.1, 0.15) is 5.69 Å². The van der Waals surface area contributed by atoms with E-state index in [0.717, 1.165) is 16.6 Å². The van der Waals surface area contributed by atoms with Crippen LogP contribution < -0.4 is 5.14 Å². The molecule has 0 unspecified atom stereocenters. The van der Waals surface area contributed by atoms with Crippen molar-refractivity contribution < 1.29 is 18.1 Å². The zero-order valence-electron chi connectivity index (χ0n) is 10.4. The van der Waals surface area contributed by atoms with E-state index < -0.39 is 21.0 Å². The zero-order chi connectivity index (χ0) is 14.9. The Kier molecular flexibility index (Phi) is 3.74. The third-order valence-electron chi connectivity index (χ3n) is 2.99. The molecule has 1 aliphatic rings. The van der Waals surface area contributed by atoms with Gasteiger partial charge in [-0.2, -0.15) is 12.7 Å². The molecule has 1 aromatic rings.